The van der Waals surface area contributed by atoms with E-state index in [9.17, 15) is 4.79 Å². The Morgan fingerprint density at radius 1 is 1.21 bits per heavy atom. The summed E-state index contributed by atoms with van der Waals surface area (Å²) < 4.78 is 0. The highest BCUT2D eigenvalue weighted by molar-refractivity contribution is 7.10. The number of likely N-dealkylation sites (N-methyl/N-ethyl adjacent to an activating group) is 1. The van der Waals surface area contributed by atoms with Crippen LogP contribution >= 0.6 is 11.3 Å². The van der Waals surface area contributed by atoms with Crippen molar-refractivity contribution in [3.63, 3.8) is 0 Å². The van der Waals surface area contributed by atoms with Gasteiger partial charge in [-0.15, -0.1) is 11.3 Å². The summed E-state index contributed by atoms with van der Waals surface area (Å²) in [6, 6.07) is 14.4. The summed E-state index contributed by atoms with van der Waals surface area (Å²) in [7, 11) is 1.77. The van der Waals surface area contributed by atoms with Gasteiger partial charge in [0.05, 0.1) is 12.6 Å². The van der Waals surface area contributed by atoms with Crippen molar-refractivity contribution in [2.45, 2.75) is 12.5 Å². The minimum absolute atomic E-state index is 0.0248. The minimum Gasteiger partial charge on any atom is -0.347 e. The predicted octanol–water partition coefficient (Wildman–Crippen LogP) is 2.37. The van der Waals surface area contributed by atoms with Crippen molar-refractivity contribution in [3.05, 3.63) is 58.3 Å². The van der Waals surface area contributed by atoms with Crippen LogP contribution in [0.1, 0.15) is 16.5 Å². The number of nitrogens with one attached hydrogen (secondary N) is 2. The van der Waals surface area contributed by atoms with Crippen LogP contribution in [0.15, 0.2) is 47.8 Å². The summed E-state index contributed by atoms with van der Waals surface area (Å²) in [6.07, 6.45) is 0.816. The van der Waals surface area contributed by atoms with Crippen LogP contribution in [0, 0.1) is 0 Å². The van der Waals surface area contributed by atoms with Crippen molar-refractivity contribution >= 4 is 17.2 Å². The Morgan fingerprint density at radius 2 is 2.00 bits per heavy atom. The van der Waals surface area contributed by atoms with E-state index in [4.69, 9.17) is 0 Å². The highest BCUT2D eigenvalue weighted by Gasteiger charge is 2.15. The normalized spacial score (nSPS) is 12.1. The number of hydrogen-bond donors (Lipinski definition) is 2. The summed E-state index contributed by atoms with van der Waals surface area (Å²) >= 11 is 1.68. The molecule has 19 heavy (non-hydrogen) atoms. The third-order valence-electron chi connectivity index (χ3n) is 2.84. The second-order valence-corrected chi connectivity index (χ2v) is 5.33. The van der Waals surface area contributed by atoms with Gasteiger partial charge in [0.15, 0.2) is 0 Å². The lowest BCUT2D eigenvalue weighted by Crippen LogP contribution is -2.35. The molecule has 0 bridgehead atoms. The molecule has 0 saturated carbocycles. The molecule has 1 aromatic heterocycles. The third-order valence-corrected chi connectivity index (χ3v) is 3.83. The number of thiophene rings is 1. The first-order valence-electron chi connectivity index (χ1n) is 6.31. The fraction of sp³-hybridized carbons (Fsp3) is 0.267. The fourth-order valence-electron chi connectivity index (χ4n) is 1.97. The van der Waals surface area contributed by atoms with E-state index in [-0.39, 0.29) is 11.9 Å². The van der Waals surface area contributed by atoms with Crippen molar-refractivity contribution in [2.75, 3.05) is 13.6 Å². The molecule has 1 atom stereocenters. The smallest absolute Gasteiger partial charge is 0.234 e. The maximum atomic E-state index is 11.8. The molecular weight excluding hydrogens is 256 g/mol. The van der Waals surface area contributed by atoms with Crippen LogP contribution in [0.3, 0.4) is 0 Å². The van der Waals surface area contributed by atoms with E-state index in [1.807, 2.05) is 29.6 Å². The van der Waals surface area contributed by atoms with E-state index in [0.717, 1.165) is 6.42 Å². The molecule has 1 unspecified atom stereocenters. The number of amides is 1. The Hall–Kier alpha value is -1.65. The molecular formula is C15H18N2OS. The lowest BCUT2D eigenvalue weighted by Gasteiger charge is -2.17. The Balaban J connectivity index is 2.09. The van der Waals surface area contributed by atoms with E-state index in [0.29, 0.717) is 6.54 Å². The Kier molecular flexibility index (Phi) is 5.12. The van der Waals surface area contributed by atoms with Crippen molar-refractivity contribution in [1.29, 1.82) is 0 Å². The summed E-state index contributed by atoms with van der Waals surface area (Å²) in [4.78, 5) is 13.0. The number of rotatable bonds is 6. The number of hydrogen-bond acceptors (Lipinski definition) is 3. The van der Waals surface area contributed by atoms with Gasteiger partial charge in [-0.3, -0.25) is 4.79 Å². The molecule has 1 aromatic carbocycles. The highest BCUT2D eigenvalue weighted by Crippen LogP contribution is 2.22. The second-order valence-electron chi connectivity index (χ2n) is 4.36. The van der Waals surface area contributed by atoms with Gasteiger partial charge in [-0.25, -0.2) is 0 Å². The average Bonchev–Trinajstić information content (AvgIpc) is 2.93. The minimum atomic E-state index is 0.0248. The summed E-state index contributed by atoms with van der Waals surface area (Å²) in [5.41, 5.74) is 1.23. The first-order chi connectivity index (χ1) is 9.29. The van der Waals surface area contributed by atoms with Crippen LogP contribution in [0.5, 0.6) is 0 Å². The number of benzene rings is 1. The second kappa shape index (κ2) is 7.07. The topological polar surface area (TPSA) is 41.1 Å². The van der Waals surface area contributed by atoms with Crippen LogP contribution < -0.4 is 10.6 Å². The highest BCUT2D eigenvalue weighted by atomic mass is 32.1. The number of carbonyl (C=O) groups excluding carboxylic acids is 1. The maximum Gasteiger partial charge on any atom is 0.234 e. The molecule has 2 N–H and O–H groups in total. The lowest BCUT2D eigenvalue weighted by molar-refractivity contribution is -0.120. The molecule has 0 spiro atoms. The van der Waals surface area contributed by atoms with Crippen LogP contribution in [-0.2, 0) is 11.2 Å². The maximum absolute atomic E-state index is 11.8. The van der Waals surface area contributed by atoms with E-state index in [2.05, 4.69) is 28.8 Å². The summed E-state index contributed by atoms with van der Waals surface area (Å²) in [5, 5.41) is 7.99. The Bertz CT molecular complexity index is 496. The van der Waals surface area contributed by atoms with Gasteiger partial charge in [0.2, 0.25) is 5.91 Å². The van der Waals surface area contributed by atoms with Gasteiger partial charge in [0, 0.05) is 4.88 Å². The zero-order chi connectivity index (χ0) is 13.5. The molecule has 2 aromatic rings. The molecule has 1 amide bonds. The summed E-state index contributed by atoms with van der Waals surface area (Å²) in [5.74, 6) is 0.0248. The zero-order valence-electron chi connectivity index (χ0n) is 10.9. The first-order valence-corrected chi connectivity index (χ1v) is 7.19. The van der Waals surface area contributed by atoms with Gasteiger partial charge < -0.3 is 10.6 Å². The lowest BCUT2D eigenvalue weighted by atomic mass is 10.0. The molecule has 0 saturated heterocycles. The number of carbonyl (C=O) groups is 1. The van der Waals surface area contributed by atoms with Gasteiger partial charge in [-0.05, 0) is 30.5 Å². The van der Waals surface area contributed by atoms with Gasteiger partial charge in [0.25, 0.3) is 0 Å². The SMILES string of the molecule is CNCC(=O)NC(Cc1ccccc1)c1cccs1. The van der Waals surface area contributed by atoms with Gasteiger partial charge in [0.1, 0.15) is 0 Å². The van der Waals surface area contributed by atoms with Crippen molar-refractivity contribution in [2.24, 2.45) is 0 Å². The predicted molar refractivity (Wildman–Crippen MR) is 79.3 cm³/mol. The average molecular weight is 274 g/mol. The first kappa shape index (κ1) is 13.8. The molecule has 0 radical (unpaired) electrons. The molecule has 100 valence electrons. The Morgan fingerprint density at radius 3 is 2.63 bits per heavy atom. The van der Waals surface area contributed by atoms with E-state index < -0.39 is 0 Å². The van der Waals surface area contributed by atoms with Crippen molar-refractivity contribution in [3.8, 4) is 0 Å². The molecule has 3 nitrogen and oxygen atoms in total. The van der Waals surface area contributed by atoms with E-state index >= 15 is 0 Å². The molecule has 4 heteroatoms. The van der Waals surface area contributed by atoms with Crippen LogP contribution in [0.2, 0.25) is 0 Å². The summed E-state index contributed by atoms with van der Waals surface area (Å²) in [6.45, 7) is 0.344. The monoisotopic (exact) mass is 274 g/mol. The standard InChI is InChI=1S/C15H18N2OS/c1-16-11-15(18)17-13(14-8-5-9-19-14)10-12-6-3-2-4-7-12/h2-9,13,16H,10-11H2,1H3,(H,17,18). The van der Waals surface area contributed by atoms with Crippen LogP contribution in [0.4, 0.5) is 0 Å². The quantitative estimate of drug-likeness (QED) is 0.849. The van der Waals surface area contributed by atoms with Gasteiger partial charge in [-0.2, -0.15) is 0 Å². The molecule has 2 rings (SSSR count). The molecule has 0 aliphatic rings. The largest absolute Gasteiger partial charge is 0.347 e. The molecule has 1 heterocycles. The van der Waals surface area contributed by atoms with E-state index in [1.54, 1.807) is 18.4 Å². The molecule has 0 fully saturated rings. The fourth-order valence-corrected chi connectivity index (χ4v) is 2.75. The zero-order valence-corrected chi connectivity index (χ0v) is 11.7. The van der Waals surface area contributed by atoms with Crippen molar-refractivity contribution < 1.29 is 4.79 Å². The third kappa shape index (κ3) is 4.19. The van der Waals surface area contributed by atoms with Gasteiger partial charge in [-0.1, -0.05) is 36.4 Å². The molecule has 0 aliphatic carbocycles. The van der Waals surface area contributed by atoms with Crippen LogP contribution in [0.25, 0.3) is 0 Å². The van der Waals surface area contributed by atoms with Crippen molar-refractivity contribution in [1.82, 2.24) is 10.6 Å². The van der Waals surface area contributed by atoms with E-state index in [1.165, 1.54) is 10.4 Å². The van der Waals surface area contributed by atoms with Gasteiger partial charge >= 0.3 is 0 Å². The molecule has 0 aliphatic heterocycles. The Labute approximate surface area is 117 Å². The van der Waals surface area contributed by atoms with Crippen LogP contribution in [-0.4, -0.2) is 19.5 Å².